The van der Waals surface area contributed by atoms with Crippen molar-refractivity contribution in [3.63, 3.8) is 0 Å². The first-order valence-electron chi connectivity index (χ1n) is 10.2. The number of hydrogen-bond donors (Lipinski definition) is 0. The van der Waals surface area contributed by atoms with Crippen molar-refractivity contribution in [1.29, 1.82) is 0 Å². The second kappa shape index (κ2) is 9.53. The van der Waals surface area contributed by atoms with Crippen LogP contribution < -0.4 is 0 Å². The van der Waals surface area contributed by atoms with Crippen molar-refractivity contribution in [2.75, 3.05) is 13.1 Å². The van der Waals surface area contributed by atoms with Crippen LogP contribution in [-0.2, 0) is 22.7 Å². The van der Waals surface area contributed by atoms with Crippen molar-refractivity contribution in [2.24, 2.45) is 11.8 Å². The quantitative estimate of drug-likeness (QED) is 0.598. The van der Waals surface area contributed by atoms with Crippen LogP contribution in [0.3, 0.4) is 0 Å². The summed E-state index contributed by atoms with van der Waals surface area (Å²) in [5.74, 6) is 0.0515. The highest BCUT2D eigenvalue weighted by Crippen LogP contribution is 2.30. The van der Waals surface area contributed by atoms with Gasteiger partial charge in [0.25, 0.3) is 0 Å². The standard InChI is InChI=1S/C23H29FN2O2S/c1-16(2)23(28)26(13-18-5-6-18)15-22(27)25(14-21-11-4-17(3)29-21)12-19-7-9-20(24)10-8-19/h4,7-11,16,18H,5-6,12-15H2,1-3H3. The van der Waals surface area contributed by atoms with E-state index in [-0.39, 0.29) is 30.1 Å². The molecule has 4 nitrogen and oxygen atoms in total. The number of amides is 2. The number of rotatable bonds is 9. The van der Waals surface area contributed by atoms with E-state index in [1.165, 1.54) is 17.0 Å². The van der Waals surface area contributed by atoms with Crippen LogP contribution in [0.2, 0.25) is 0 Å². The second-order valence-corrected chi connectivity index (χ2v) is 9.58. The van der Waals surface area contributed by atoms with Crippen LogP contribution in [0.25, 0.3) is 0 Å². The minimum Gasteiger partial charge on any atom is -0.333 e. The van der Waals surface area contributed by atoms with Gasteiger partial charge in [0.05, 0.1) is 13.1 Å². The van der Waals surface area contributed by atoms with Gasteiger partial charge in [-0.05, 0) is 55.5 Å². The Morgan fingerprint density at radius 1 is 1.07 bits per heavy atom. The van der Waals surface area contributed by atoms with Gasteiger partial charge in [0.1, 0.15) is 5.82 Å². The number of carbonyl (C=O) groups is 2. The maximum atomic E-state index is 13.3. The fraction of sp³-hybridized carbons (Fsp3) is 0.478. The lowest BCUT2D eigenvalue weighted by atomic mass is 10.1. The summed E-state index contributed by atoms with van der Waals surface area (Å²) < 4.78 is 13.3. The SMILES string of the molecule is Cc1ccc(CN(Cc2ccc(F)cc2)C(=O)CN(CC2CC2)C(=O)C(C)C)s1. The van der Waals surface area contributed by atoms with Gasteiger partial charge in [0.15, 0.2) is 0 Å². The molecular formula is C23H29FN2O2S. The Morgan fingerprint density at radius 3 is 2.31 bits per heavy atom. The third-order valence-electron chi connectivity index (χ3n) is 5.09. The van der Waals surface area contributed by atoms with Gasteiger partial charge in [-0.2, -0.15) is 0 Å². The maximum Gasteiger partial charge on any atom is 0.242 e. The zero-order valence-electron chi connectivity index (χ0n) is 17.4. The molecule has 1 aromatic carbocycles. The zero-order valence-corrected chi connectivity index (χ0v) is 18.2. The topological polar surface area (TPSA) is 40.6 Å². The number of halogens is 1. The average Bonchev–Trinajstić information content (AvgIpc) is 3.41. The number of carbonyl (C=O) groups excluding carboxylic acids is 2. The highest BCUT2D eigenvalue weighted by atomic mass is 32.1. The summed E-state index contributed by atoms with van der Waals surface area (Å²) in [6.45, 7) is 7.42. The highest BCUT2D eigenvalue weighted by molar-refractivity contribution is 7.11. The first kappa shape index (κ1) is 21.5. The highest BCUT2D eigenvalue weighted by Gasteiger charge is 2.30. The molecule has 3 rings (SSSR count). The Bertz CT molecular complexity index is 843. The van der Waals surface area contributed by atoms with Gasteiger partial charge in [-0.25, -0.2) is 4.39 Å². The Morgan fingerprint density at radius 2 is 1.76 bits per heavy atom. The smallest absolute Gasteiger partial charge is 0.242 e. The summed E-state index contributed by atoms with van der Waals surface area (Å²) in [4.78, 5) is 31.7. The molecule has 1 aliphatic carbocycles. The molecule has 156 valence electrons. The van der Waals surface area contributed by atoms with Gasteiger partial charge in [-0.3, -0.25) is 9.59 Å². The number of nitrogens with zero attached hydrogens (tertiary/aromatic N) is 2. The van der Waals surface area contributed by atoms with Gasteiger partial charge in [-0.1, -0.05) is 26.0 Å². The van der Waals surface area contributed by atoms with Crippen molar-refractivity contribution >= 4 is 23.2 Å². The van der Waals surface area contributed by atoms with E-state index < -0.39 is 0 Å². The Balaban J connectivity index is 1.75. The molecule has 1 aromatic heterocycles. The van der Waals surface area contributed by atoms with E-state index in [1.54, 1.807) is 33.3 Å². The lowest BCUT2D eigenvalue weighted by molar-refractivity contribution is -0.143. The van der Waals surface area contributed by atoms with E-state index >= 15 is 0 Å². The van der Waals surface area contributed by atoms with Gasteiger partial charge in [0.2, 0.25) is 11.8 Å². The maximum absolute atomic E-state index is 13.3. The average molecular weight is 417 g/mol. The molecule has 0 unspecified atom stereocenters. The van der Waals surface area contributed by atoms with E-state index in [4.69, 9.17) is 0 Å². The molecular weight excluding hydrogens is 387 g/mol. The third-order valence-corrected chi connectivity index (χ3v) is 6.07. The van der Waals surface area contributed by atoms with Crippen LogP contribution in [0.15, 0.2) is 36.4 Å². The molecule has 0 saturated heterocycles. The number of hydrogen-bond acceptors (Lipinski definition) is 3. The molecule has 0 N–H and O–H groups in total. The summed E-state index contributed by atoms with van der Waals surface area (Å²) in [7, 11) is 0. The summed E-state index contributed by atoms with van der Waals surface area (Å²) in [6, 6.07) is 10.3. The van der Waals surface area contributed by atoms with Crippen molar-refractivity contribution in [2.45, 2.75) is 46.7 Å². The first-order chi connectivity index (χ1) is 13.8. The van der Waals surface area contributed by atoms with Crippen molar-refractivity contribution < 1.29 is 14.0 Å². The number of benzene rings is 1. The zero-order chi connectivity index (χ0) is 21.0. The van der Waals surface area contributed by atoms with E-state index in [0.717, 1.165) is 23.3 Å². The normalized spacial score (nSPS) is 13.6. The summed E-state index contributed by atoms with van der Waals surface area (Å²) >= 11 is 1.66. The Kier molecular flexibility index (Phi) is 7.06. The lowest BCUT2D eigenvalue weighted by Gasteiger charge is -2.28. The molecule has 0 bridgehead atoms. The lowest BCUT2D eigenvalue weighted by Crippen LogP contribution is -2.44. The van der Waals surface area contributed by atoms with E-state index in [0.29, 0.717) is 25.6 Å². The molecule has 2 amide bonds. The van der Waals surface area contributed by atoms with Crippen LogP contribution in [0.4, 0.5) is 4.39 Å². The van der Waals surface area contributed by atoms with Crippen LogP contribution in [0.1, 0.15) is 42.0 Å². The molecule has 0 radical (unpaired) electrons. The molecule has 6 heteroatoms. The molecule has 1 aliphatic rings. The summed E-state index contributed by atoms with van der Waals surface area (Å²) in [5.41, 5.74) is 0.872. The molecule has 0 spiro atoms. The largest absolute Gasteiger partial charge is 0.333 e. The number of aryl methyl sites for hydroxylation is 1. The fourth-order valence-corrected chi connectivity index (χ4v) is 4.18. The molecule has 1 saturated carbocycles. The first-order valence-corrected chi connectivity index (χ1v) is 11.0. The van der Waals surface area contributed by atoms with Crippen molar-refractivity contribution in [3.8, 4) is 0 Å². The van der Waals surface area contributed by atoms with Gasteiger partial charge in [0, 0.05) is 28.8 Å². The third kappa shape index (κ3) is 6.39. The van der Waals surface area contributed by atoms with Crippen molar-refractivity contribution in [3.05, 3.63) is 57.5 Å². The summed E-state index contributed by atoms with van der Waals surface area (Å²) in [5, 5.41) is 0. The summed E-state index contributed by atoms with van der Waals surface area (Å²) in [6.07, 6.45) is 2.26. The monoisotopic (exact) mass is 416 g/mol. The second-order valence-electron chi connectivity index (χ2n) is 8.21. The van der Waals surface area contributed by atoms with Gasteiger partial charge >= 0.3 is 0 Å². The molecule has 2 aromatic rings. The van der Waals surface area contributed by atoms with Gasteiger partial charge in [-0.15, -0.1) is 11.3 Å². The minimum absolute atomic E-state index is 0.0268. The molecule has 0 aliphatic heterocycles. The molecule has 29 heavy (non-hydrogen) atoms. The Hall–Kier alpha value is -2.21. The van der Waals surface area contributed by atoms with E-state index in [1.807, 2.05) is 32.9 Å². The predicted octanol–water partition coefficient (Wildman–Crippen LogP) is 4.62. The van der Waals surface area contributed by atoms with Gasteiger partial charge < -0.3 is 9.80 Å². The van der Waals surface area contributed by atoms with Crippen LogP contribution in [-0.4, -0.2) is 34.7 Å². The van der Waals surface area contributed by atoms with E-state index in [2.05, 4.69) is 0 Å². The molecule has 1 heterocycles. The molecule has 1 fully saturated rings. The number of thiophene rings is 1. The Labute approximate surface area is 176 Å². The van der Waals surface area contributed by atoms with E-state index in [9.17, 15) is 14.0 Å². The van der Waals surface area contributed by atoms with Crippen LogP contribution >= 0.6 is 11.3 Å². The minimum atomic E-state index is -0.293. The molecule has 0 atom stereocenters. The van der Waals surface area contributed by atoms with Crippen LogP contribution in [0.5, 0.6) is 0 Å². The fourth-order valence-electron chi connectivity index (χ4n) is 3.27. The van der Waals surface area contributed by atoms with Crippen LogP contribution in [0, 0.1) is 24.6 Å². The predicted molar refractivity (Wildman–Crippen MR) is 114 cm³/mol. The van der Waals surface area contributed by atoms with Crippen molar-refractivity contribution in [1.82, 2.24) is 9.80 Å².